The Balaban J connectivity index is 2.23. The normalized spacial score (nSPS) is 13.6. The van der Waals surface area contributed by atoms with Gasteiger partial charge in [-0.2, -0.15) is 0 Å². The van der Waals surface area contributed by atoms with Gasteiger partial charge in [0.1, 0.15) is 23.1 Å². The Morgan fingerprint density at radius 3 is 2.40 bits per heavy atom. The van der Waals surface area contributed by atoms with Gasteiger partial charge in [0.25, 0.3) is 0 Å². The van der Waals surface area contributed by atoms with E-state index in [2.05, 4.69) is 10.6 Å². The molecular weight excluding hydrogens is 320 g/mol. The number of rotatable bonds is 6. The highest BCUT2D eigenvalue weighted by molar-refractivity contribution is 5.88. The average Bonchev–Trinajstić information content (AvgIpc) is 2.88. The molecule has 2 amide bonds. The van der Waals surface area contributed by atoms with Gasteiger partial charge in [-0.25, -0.2) is 0 Å². The minimum absolute atomic E-state index is 0.0165. The molecule has 136 valence electrons. The zero-order chi connectivity index (χ0) is 18.7. The van der Waals surface area contributed by atoms with Gasteiger partial charge in [-0.15, -0.1) is 0 Å². The van der Waals surface area contributed by atoms with Crippen molar-refractivity contribution in [3.63, 3.8) is 0 Å². The number of amides is 2. The molecule has 2 rings (SSSR count). The molecule has 0 bridgehead atoms. The summed E-state index contributed by atoms with van der Waals surface area (Å²) in [6.07, 6.45) is 0. The standard InChI is InChI=1S/C19H26N2O4/c1-10(2)17(21-13(5)22)19(23)20-12(4)18-11(3)15-9-14(24-6)7-8-16(15)25-18/h7-10,12,17H,1-6H3,(H,20,23)(H,21,22)/t12-,17-/m1/s1. The number of fused-ring (bicyclic) bond motifs is 1. The summed E-state index contributed by atoms with van der Waals surface area (Å²) in [5.74, 6) is 0.980. The van der Waals surface area contributed by atoms with Crippen LogP contribution in [0.1, 0.15) is 45.1 Å². The Morgan fingerprint density at radius 1 is 1.16 bits per heavy atom. The molecule has 1 heterocycles. The number of hydrogen-bond donors (Lipinski definition) is 2. The van der Waals surface area contributed by atoms with Crippen LogP contribution in [0.2, 0.25) is 0 Å². The highest BCUT2D eigenvalue weighted by Gasteiger charge is 2.26. The minimum atomic E-state index is -0.579. The van der Waals surface area contributed by atoms with E-state index >= 15 is 0 Å². The van der Waals surface area contributed by atoms with Crippen molar-refractivity contribution < 1.29 is 18.7 Å². The number of carbonyl (C=O) groups excluding carboxylic acids is 2. The molecule has 0 aliphatic rings. The van der Waals surface area contributed by atoms with Crippen LogP contribution in [0.15, 0.2) is 22.6 Å². The Morgan fingerprint density at radius 2 is 1.84 bits per heavy atom. The number of carbonyl (C=O) groups is 2. The van der Waals surface area contributed by atoms with Crippen LogP contribution in [0.25, 0.3) is 11.0 Å². The minimum Gasteiger partial charge on any atom is -0.497 e. The van der Waals surface area contributed by atoms with E-state index in [9.17, 15) is 9.59 Å². The number of aryl methyl sites for hydroxylation is 1. The zero-order valence-corrected chi connectivity index (χ0v) is 15.6. The Hall–Kier alpha value is -2.50. The van der Waals surface area contributed by atoms with Crippen LogP contribution in [-0.2, 0) is 9.59 Å². The first kappa shape index (κ1) is 18.8. The monoisotopic (exact) mass is 346 g/mol. The van der Waals surface area contributed by atoms with Crippen LogP contribution in [-0.4, -0.2) is 25.0 Å². The summed E-state index contributed by atoms with van der Waals surface area (Å²) in [6, 6.07) is 4.71. The fraction of sp³-hybridized carbons (Fsp3) is 0.474. The fourth-order valence-corrected chi connectivity index (χ4v) is 2.88. The predicted octanol–water partition coefficient (Wildman–Crippen LogP) is 3.09. The van der Waals surface area contributed by atoms with E-state index < -0.39 is 6.04 Å². The molecule has 0 saturated carbocycles. The molecule has 0 fully saturated rings. The number of ether oxygens (including phenoxy) is 1. The molecule has 0 saturated heterocycles. The van der Waals surface area contributed by atoms with Crippen LogP contribution in [0, 0.1) is 12.8 Å². The lowest BCUT2D eigenvalue weighted by Gasteiger charge is -2.23. The van der Waals surface area contributed by atoms with Crippen molar-refractivity contribution in [3.05, 3.63) is 29.5 Å². The Kier molecular flexibility index (Phi) is 5.72. The van der Waals surface area contributed by atoms with E-state index in [-0.39, 0.29) is 23.8 Å². The second-order valence-corrected chi connectivity index (χ2v) is 6.61. The van der Waals surface area contributed by atoms with Crippen molar-refractivity contribution in [1.82, 2.24) is 10.6 Å². The lowest BCUT2D eigenvalue weighted by molar-refractivity contribution is -0.129. The van der Waals surface area contributed by atoms with Gasteiger partial charge in [0.05, 0.1) is 13.2 Å². The van der Waals surface area contributed by atoms with E-state index in [1.54, 1.807) is 7.11 Å². The maximum absolute atomic E-state index is 12.5. The summed E-state index contributed by atoms with van der Waals surface area (Å²) in [4.78, 5) is 23.9. The molecule has 2 N–H and O–H groups in total. The summed E-state index contributed by atoms with van der Waals surface area (Å²) in [6.45, 7) is 9.01. The first-order chi connectivity index (χ1) is 11.7. The van der Waals surface area contributed by atoms with Gasteiger partial charge in [0.2, 0.25) is 11.8 Å². The number of methoxy groups -OCH3 is 1. The van der Waals surface area contributed by atoms with Crippen molar-refractivity contribution in [3.8, 4) is 5.75 Å². The third kappa shape index (κ3) is 4.13. The van der Waals surface area contributed by atoms with Crippen LogP contribution in [0.5, 0.6) is 5.75 Å². The van der Waals surface area contributed by atoms with Crippen LogP contribution in [0.3, 0.4) is 0 Å². The first-order valence-corrected chi connectivity index (χ1v) is 8.39. The third-order valence-electron chi connectivity index (χ3n) is 4.24. The second-order valence-electron chi connectivity index (χ2n) is 6.61. The van der Waals surface area contributed by atoms with Gasteiger partial charge in [0.15, 0.2) is 0 Å². The molecule has 1 aromatic heterocycles. The molecule has 6 heteroatoms. The third-order valence-corrected chi connectivity index (χ3v) is 4.24. The summed E-state index contributed by atoms with van der Waals surface area (Å²) in [5.41, 5.74) is 1.71. The summed E-state index contributed by atoms with van der Waals surface area (Å²) >= 11 is 0. The van der Waals surface area contributed by atoms with E-state index in [1.165, 1.54) is 6.92 Å². The first-order valence-electron chi connectivity index (χ1n) is 8.39. The maximum Gasteiger partial charge on any atom is 0.243 e. The average molecular weight is 346 g/mol. The van der Waals surface area contributed by atoms with E-state index in [0.717, 1.165) is 22.3 Å². The highest BCUT2D eigenvalue weighted by atomic mass is 16.5. The molecule has 2 atom stereocenters. The van der Waals surface area contributed by atoms with E-state index in [1.807, 2.05) is 45.9 Å². The van der Waals surface area contributed by atoms with Crippen molar-refractivity contribution in [2.24, 2.45) is 5.92 Å². The SMILES string of the molecule is COc1ccc2oc([C@@H](C)NC(=O)[C@H](NC(C)=O)C(C)C)c(C)c2c1. The molecule has 0 aliphatic carbocycles. The molecule has 0 spiro atoms. The predicted molar refractivity (Wildman–Crippen MR) is 96.5 cm³/mol. The molecule has 0 aliphatic heterocycles. The molecular formula is C19H26N2O4. The van der Waals surface area contributed by atoms with Crippen molar-refractivity contribution >= 4 is 22.8 Å². The van der Waals surface area contributed by atoms with E-state index in [4.69, 9.17) is 9.15 Å². The van der Waals surface area contributed by atoms with Crippen LogP contribution >= 0.6 is 0 Å². The largest absolute Gasteiger partial charge is 0.497 e. The van der Waals surface area contributed by atoms with Crippen molar-refractivity contribution in [1.29, 1.82) is 0 Å². The van der Waals surface area contributed by atoms with E-state index in [0.29, 0.717) is 5.76 Å². The van der Waals surface area contributed by atoms with Crippen molar-refractivity contribution in [2.45, 2.75) is 46.7 Å². The molecule has 0 unspecified atom stereocenters. The summed E-state index contributed by atoms with van der Waals surface area (Å²) < 4.78 is 11.2. The summed E-state index contributed by atoms with van der Waals surface area (Å²) in [5, 5.41) is 6.58. The Labute approximate surface area is 147 Å². The van der Waals surface area contributed by atoms with Gasteiger partial charge < -0.3 is 19.8 Å². The molecule has 25 heavy (non-hydrogen) atoms. The molecule has 1 aromatic carbocycles. The number of furan rings is 1. The number of benzene rings is 1. The quantitative estimate of drug-likeness (QED) is 0.842. The van der Waals surface area contributed by atoms with Gasteiger partial charge in [-0.1, -0.05) is 13.8 Å². The van der Waals surface area contributed by atoms with Gasteiger partial charge in [-0.3, -0.25) is 9.59 Å². The van der Waals surface area contributed by atoms with Crippen LogP contribution < -0.4 is 15.4 Å². The zero-order valence-electron chi connectivity index (χ0n) is 15.6. The number of hydrogen-bond acceptors (Lipinski definition) is 4. The topological polar surface area (TPSA) is 80.6 Å². The Bertz CT molecular complexity index is 779. The van der Waals surface area contributed by atoms with Gasteiger partial charge >= 0.3 is 0 Å². The van der Waals surface area contributed by atoms with Crippen molar-refractivity contribution in [2.75, 3.05) is 7.11 Å². The van der Waals surface area contributed by atoms with Crippen LogP contribution in [0.4, 0.5) is 0 Å². The molecule has 0 radical (unpaired) electrons. The fourth-order valence-electron chi connectivity index (χ4n) is 2.88. The lowest BCUT2D eigenvalue weighted by Crippen LogP contribution is -2.49. The lowest BCUT2D eigenvalue weighted by atomic mass is 10.0. The highest BCUT2D eigenvalue weighted by Crippen LogP contribution is 2.32. The maximum atomic E-state index is 12.5. The molecule has 2 aromatic rings. The second kappa shape index (κ2) is 7.59. The number of nitrogens with one attached hydrogen (secondary N) is 2. The molecule has 6 nitrogen and oxygen atoms in total. The smallest absolute Gasteiger partial charge is 0.243 e. The summed E-state index contributed by atoms with van der Waals surface area (Å²) in [7, 11) is 1.62. The van der Waals surface area contributed by atoms with Gasteiger partial charge in [0, 0.05) is 17.9 Å². The van der Waals surface area contributed by atoms with Gasteiger partial charge in [-0.05, 0) is 38.0 Å².